The lowest BCUT2D eigenvalue weighted by Gasteiger charge is -2.22. The van der Waals surface area contributed by atoms with Crippen LogP contribution in [0.2, 0.25) is 0 Å². The van der Waals surface area contributed by atoms with E-state index in [1.54, 1.807) is 33.5 Å². The van der Waals surface area contributed by atoms with Crippen LogP contribution in [0.15, 0.2) is 29.1 Å². The maximum absolute atomic E-state index is 13.4. The molecule has 10 nitrogen and oxygen atoms in total. The summed E-state index contributed by atoms with van der Waals surface area (Å²) in [4.78, 5) is 37.8. The van der Waals surface area contributed by atoms with E-state index in [1.807, 2.05) is 12.1 Å². The van der Waals surface area contributed by atoms with Gasteiger partial charge in [0.1, 0.15) is 0 Å². The number of hydrogen-bond acceptors (Lipinski definition) is 8. The fourth-order valence-corrected chi connectivity index (χ4v) is 5.62. The minimum atomic E-state index is -0.371. The third-order valence-corrected chi connectivity index (χ3v) is 7.74. The molecule has 1 atom stereocenters. The van der Waals surface area contributed by atoms with Crippen LogP contribution in [0.1, 0.15) is 56.2 Å². The molecule has 1 heterocycles. The number of anilines is 1. The van der Waals surface area contributed by atoms with Gasteiger partial charge in [0.25, 0.3) is 0 Å². The summed E-state index contributed by atoms with van der Waals surface area (Å²) >= 11 is 0. The van der Waals surface area contributed by atoms with E-state index in [2.05, 4.69) is 16.0 Å². The zero-order chi connectivity index (χ0) is 29.4. The van der Waals surface area contributed by atoms with Crippen molar-refractivity contribution in [3.8, 4) is 28.4 Å². The number of nitrogens with one attached hydrogen (secondary N) is 3. The standard InChI is InChI=1S/C31H41N3O7/c1-19(35)34-24-9-7-21-16-27(38-2)30(39-3)31(40-4)29(21)22-8-10-25(26(36)17-23(22)24)32-13-5-6-28(37)33-18-20-11-14-41-15-12-20/h8,10,16-17,20,24H,5-7,9,11-15,18H2,1-4H3,(H,32,36)(H,33,37)(H,34,35)/t24-/m0/s1. The van der Waals surface area contributed by atoms with Crippen LogP contribution in [0.4, 0.5) is 5.69 Å². The quantitative estimate of drug-likeness (QED) is 0.352. The highest BCUT2D eigenvalue weighted by Crippen LogP contribution is 2.50. The molecule has 0 bridgehead atoms. The predicted octanol–water partition coefficient (Wildman–Crippen LogP) is 3.60. The highest BCUT2D eigenvalue weighted by Gasteiger charge is 2.29. The molecule has 2 aliphatic rings. The summed E-state index contributed by atoms with van der Waals surface area (Å²) in [6, 6.07) is 6.78. The molecule has 222 valence electrons. The lowest BCUT2D eigenvalue weighted by atomic mass is 9.95. The van der Waals surface area contributed by atoms with Gasteiger partial charge in [-0.25, -0.2) is 0 Å². The maximum atomic E-state index is 13.4. The SMILES string of the molecule is COc1cc2c(c(OC)c1OC)-c1ccc(NCCCC(=O)NCC3CCOCC3)c(=O)cc1[C@@H](NC(C)=O)CC2. The predicted molar refractivity (Wildman–Crippen MR) is 157 cm³/mol. The van der Waals surface area contributed by atoms with Crippen molar-refractivity contribution in [2.75, 3.05) is 52.9 Å². The fourth-order valence-electron chi connectivity index (χ4n) is 5.62. The lowest BCUT2D eigenvalue weighted by Crippen LogP contribution is -2.32. The van der Waals surface area contributed by atoms with E-state index in [0.29, 0.717) is 73.2 Å². The summed E-state index contributed by atoms with van der Waals surface area (Å²) in [5.74, 6) is 1.82. The second kappa shape index (κ2) is 14.2. The van der Waals surface area contributed by atoms with Crippen molar-refractivity contribution in [3.05, 3.63) is 45.6 Å². The molecule has 2 amide bonds. The zero-order valence-corrected chi connectivity index (χ0v) is 24.4. The van der Waals surface area contributed by atoms with Gasteiger partial charge >= 0.3 is 0 Å². The number of fused-ring (bicyclic) bond motifs is 3. The first-order valence-corrected chi connectivity index (χ1v) is 14.2. The van der Waals surface area contributed by atoms with Gasteiger partial charge in [0.15, 0.2) is 11.5 Å². The monoisotopic (exact) mass is 567 g/mol. The molecule has 1 aliphatic heterocycles. The molecular formula is C31H41N3O7. The van der Waals surface area contributed by atoms with Gasteiger partial charge in [-0.2, -0.15) is 0 Å². The third-order valence-electron chi connectivity index (χ3n) is 7.74. The van der Waals surface area contributed by atoms with E-state index >= 15 is 0 Å². The van der Waals surface area contributed by atoms with Crippen LogP contribution in [0.5, 0.6) is 17.2 Å². The minimum absolute atomic E-state index is 0.0113. The van der Waals surface area contributed by atoms with Gasteiger partial charge < -0.3 is 34.9 Å². The Kier molecular flexibility index (Phi) is 10.5. The second-order valence-corrected chi connectivity index (χ2v) is 10.5. The summed E-state index contributed by atoms with van der Waals surface area (Å²) in [5, 5.41) is 9.24. The van der Waals surface area contributed by atoms with E-state index in [9.17, 15) is 14.4 Å². The molecular weight excluding hydrogens is 526 g/mol. The van der Waals surface area contributed by atoms with Gasteiger partial charge in [-0.15, -0.1) is 0 Å². The van der Waals surface area contributed by atoms with Crippen molar-refractivity contribution in [2.45, 2.75) is 51.5 Å². The summed E-state index contributed by atoms with van der Waals surface area (Å²) in [6.07, 6.45) is 4.13. The fraction of sp³-hybridized carbons (Fsp3) is 0.516. The Morgan fingerprint density at radius 3 is 2.44 bits per heavy atom. The Balaban J connectivity index is 1.57. The van der Waals surface area contributed by atoms with Crippen molar-refractivity contribution in [1.82, 2.24) is 10.6 Å². The summed E-state index contributed by atoms with van der Waals surface area (Å²) in [6.45, 7) is 4.13. The first-order chi connectivity index (χ1) is 19.9. The summed E-state index contributed by atoms with van der Waals surface area (Å²) < 4.78 is 22.4. The summed E-state index contributed by atoms with van der Waals surface area (Å²) in [5.41, 5.74) is 3.46. The molecule has 0 radical (unpaired) electrons. The molecule has 0 unspecified atom stereocenters. The number of rotatable bonds is 11. The van der Waals surface area contributed by atoms with Crippen molar-refractivity contribution in [2.24, 2.45) is 5.92 Å². The van der Waals surface area contributed by atoms with Gasteiger partial charge in [0, 0.05) is 45.2 Å². The highest BCUT2D eigenvalue weighted by molar-refractivity contribution is 5.83. The van der Waals surface area contributed by atoms with Gasteiger partial charge in [-0.1, -0.05) is 6.07 Å². The second-order valence-electron chi connectivity index (χ2n) is 10.5. The van der Waals surface area contributed by atoms with E-state index < -0.39 is 0 Å². The number of hydrogen-bond donors (Lipinski definition) is 3. The number of carbonyl (C=O) groups is 2. The molecule has 1 aliphatic carbocycles. The Hall–Kier alpha value is -3.79. The van der Waals surface area contributed by atoms with E-state index in [4.69, 9.17) is 18.9 Å². The number of aryl methyl sites for hydroxylation is 1. The first-order valence-electron chi connectivity index (χ1n) is 14.2. The van der Waals surface area contributed by atoms with Gasteiger partial charge in [-0.05, 0) is 72.9 Å². The van der Waals surface area contributed by atoms with Crippen LogP contribution >= 0.6 is 0 Å². The molecule has 1 saturated heterocycles. The molecule has 1 fully saturated rings. The Labute approximate surface area is 241 Å². The number of ether oxygens (including phenoxy) is 4. The Morgan fingerprint density at radius 2 is 1.76 bits per heavy atom. The lowest BCUT2D eigenvalue weighted by molar-refractivity contribution is -0.121. The van der Waals surface area contributed by atoms with E-state index in [1.165, 1.54) is 6.92 Å². The largest absolute Gasteiger partial charge is 0.493 e. The average Bonchev–Trinajstić information content (AvgIpc) is 3.22. The van der Waals surface area contributed by atoms with Crippen LogP contribution in [0.25, 0.3) is 11.1 Å². The number of methoxy groups -OCH3 is 3. The van der Waals surface area contributed by atoms with Gasteiger partial charge in [0.05, 0.1) is 33.1 Å². The van der Waals surface area contributed by atoms with Gasteiger partial charge in [0.2, 0.25) is 23.0 Å². The van der Waals surface area contributed by atoms with Crippen molar-refractivity contribution >= 4 is 17.5 Å². The number of benzene rings is 1. The molecule has 10 heteroatoms. The first kappa shape index (κ1) is 30.2. The van der Waals surface area contributed by atoms with Crippen molar-refractivity contribution < 1.29 is 28.5 Å². The normalized spacial score (nSPS) is 16.4. The zero-order valence-electron chi connectivity index (χ0n) is 24.4. The maximum Gasteiger partial charge on any atom is 0.220 e. The molecule has 41 heavy (non-hydrogen) atoms. The molecule has 0 aromatic heterocycles. The third kappa shape index (κ3) is 7.30. The highest BCUT2D eigenvalue weighted by atomic mass is 16.5. The van der Waals surface area contributed by atoms with Crippen LogP contribution in [0, 0.1) is 5.92 Å². The van der Waals surface area contributed by atoms with Gasteiger partial charge in [-0.3, -0.25) is 14.4 Å². The molecule has 3 N–H and O–H groups in total. The molecule has 0 spiro atoms. The van der Waals surface area contributed by atoms with E-state index in [-0.39, 0.29) is 23.3 Å². The van der Waals surface area contributed by atoms with Crippen LogP contribution in [-0.4, -0.2) is 59.4 Å². The Morgan fingerprint density at radius 1 is 1.00 bits per heavy atom. The smallest absolute Gasteiger partial charge is 0.220 e. The average molecular weight is 568 g/mol. The van der Waals surface area contributed by atoms with Crippen LogP contribution in [0.3, 0.4) is 0 Å². The van der Waals surface area contributed by atoms with Crippen molar-refractivity contribution in [1.29, 1.82) is 0 Å². The number of amides is 2. The van der Waals surface area contributed by atoms with Crippen molar-refractivity contribution in [3.63, 3.8) is 0 Å². The molecule has 4 rings (SSSR count). The molecule has 2 aromatic carbocycles. The van der Waals surface area contributed by atoms with E-state index in [0.717, 1.165) is 42.7 Å². The minimum Gasteiger partial charge on any atom is -0.493 e. The molecule has 0 saturated carbocycles. The van der Waals surface area contributed by atoms with Crippen LogP contribution < -0.4 is 35.6 Å². The summed E-state index contributed by atoms with van der Waals surface area (Å²) in [7, 11) is 4.70. The topological polar surface area (TPSA) is 124 Å². The molecule has 2 aromatic rings. The Bertz CT molecular complexity index is 1310. The number of carbonyl (C=O) groups excluding carboxylic acids is 2. The van der Waals surface area contributed by atoms with Crippen LogP contribution in [-0.2, 0) is 20.7 Å².